The van der Waals surface area contributed by atoms with E-state index in [1.165, 1.54) is 0 Å². The Hall–Kier alpha value is -0.420. The van der Waals surface area contributed by atoms with Crippen molar-refractivity contribution < 1.29 is 0 Å². The topological polar surface area (TPSA) is 23.8 Å². The van der Waals surface area contributed by atoms with Crippen LogP contribution < -0.4 is 0 Å². The van der Waals surface area contributed by atoms with Crippen molar-refractivity contribution in [3.05, 3.63) is 11.5 Å². The fourth-order valence-corrected chi connectivity index (χ4v) is 1.50. The lowest BCUT2D eigenvalue weighted by atomic mass is 10.2. The van der Waals surface area contributed by atoms with Crippen molar-refractivity contribution in [3.8, 4) is 6.07 Å². The molecule has 1 unspecified atom stereocenters. The molecule has 0 aromatic carbocycles. The number of rotatable bonds is 1. The summed E-state index contributed by atoms with van der Waals surface area (Å²) in [4.78, 5) is 0. The molecule has 0 aliphatic carbocycles. The molecule has 0 spiro atoms. The average Bonchev–Trinajstić information content (AvgIpc) is 2.19. The summed E-state index contributed by atoms with van der Waals surface area (Å²) in [5, 5.41) is 10.9. The Labute approximate surface area is 53.4 Å². The predicted molar refractivity (Wildman–Crippen MR) is 35.4 cm³/mol. The smallest absolute Gasteiger partial charge is 0.0633 e. The quantitative estimate of drug-likeness (QED) is 0.534. The van der Waals surface area contributed by atoms with Crippen molar-refractivity contribution in [2.45, 2.75) is 18.1 Å². The van der Waals surface area contributed by atoms with Crippen LogP contribution >= 0.6 is 11.8 Å². The fraction of sp³-hybridized carbons (Fsp3) is 0.500. The van der Waals surface area contributed by atoms with Crippen molar-refractivity contribution in [1.82, 2.24) is 0 Å². The van der Waals surface area contributed by atoms with Crippen LogP contribution in [0, 0.1) is 11.3 Å². The highest BCUT2D eigenvalue weighted by Gasteiger charge is 2.08. The molecule has 1 rings (SSSR count). The molecule has 0 fully saturated rings. The highest BCUT2D eigenvalue weighted by atomic mass is 32.2. The molecule has 0 bridgehead atoms. The van der Waals surface area contributed by atoms with Crippen molar-refractivity contribution in [3.63, 3.8) is 0 Å². The molecule has 0 N–H and O–H groups in total. The molecule has 1 heterocycles. The Morgan fingerprint density at radius 2 is 2.75 bits per heavy atom. The van der Waals surface area contributed by atoms with Crippen molar-refractivity contribution in [2.24, 2.45) is 0 Å². The van der Waals surface area contributed by atoms with Gasteiger partial charge in [0.15, 0.2) is 0 Å². The number of thioether (sulfide) groups is 1. The maximum atomic E-state index is 8.24. The summed E-state index contributed by atoms with van der Waals surface area (Å²) in [6, 6.07) is 2.15. The van der Waals surface area contributed by atoms with E-state index in [2.05, 4.69) is 17.6 Å². The molecule has 0 amide bonds. The highest BCUT2D eigenvalue weighted by molar-refractivity contribution is 8.03. The third-order valence-electron chi connectivity index (χ3n) is 1.09. The van der Waals surface area contributed by atoms with E-state index in [0.29, 0.717) is 11.7 Å². The van der Waals surface area contributed by atoms with Gasteiger partial charge in [-0.3, -0.25) is 0 Å². The zero-order valence-corrected chi connectivity index (χ0v) is 5.32. The summed E-state index contributed by atoms with van der Waals surface area (Å²) < 4.78 is 0. The molecule has 0 aromatic heterocycles. The first kappa shape index (κ1) is 5.71. The predicted octanol–water partition coefficient (Wildman–Crippen LogP) is 1.92. The van der Waals surface area contributed by atoms with Gasteiger partial charge in [0.05, 0.1) is 6.07 Å². The lowest BCUT2D eigenvalue weighted by molar-refractivity contribution is 0.915. The highest BCUT2D eigenvalue weighted by Crippen LogP contribution is 2.25. The average molecular weight is 125 g/mol. The second-order valence-electron chi connectivity index (χ2n) is 1.73. The molecule has 2 heteroatoms. The first-order chi connectivity index (χ1) is 3.93. The second kappa shape index (κ2) is 2.78. The molecular formula is C6H7NS. The van der Waals surface area contributed by atoms with Crippen LogP contribution in [0.1, 0.15) is 12.8 Å². The summed E-state index contributed by atoms with van der Waals surface area (Å²) in [5.74, 6) is 0. The van der Waals surface area contributed by atoms with Gasteiger partial charge in [-0.05, 0) is 11.8 Å². The van der Waals surface area contributed by atoms with Gasteiger partial charge in [-0.15, -0.1) is 11.8 Å². The Bertz CT molecular complexity index is 126. The molecule has 1 aliphatic rings. The Kier molecular flexibility index (Phi) is 1.99. The van der Waals surface area contributed by atoms with E-state index in [9.17, 15) is 0 Å². The van der Waals surface area contributed by atoms with Crippen LogP contribution in [0.3, 0.4) is 0 Å². The standard InChI is InChI=1S/C6H7NS/c7-4-3-6-2-1-5-8-6/h1,5-6H,2-3H2. The molecule has 0 radical (unpaired) electrons. The summed E-state index contributed by atoms with van der Waals surface area (Å²) in [5.41, 5.74) is 0. The lowest BCUT2D eigenvalue weighted by Crippen LogP contribution is -1.92. The molecule has 0 saturated carbocycles. The van der Waals surface area contributed by atoms with E-state index in [0.717, 1.165) is 6.42 Å². The van der Waals surface area contributed by atoms with E-state index in [-0.39, 0.29) is 0 Å². The molecular weight excluding hydrogens is 118 g/mol. The molecule has 8 heavy (non-hydrogen) atoms. The monoisotopic (exact) mass is 125 g/mol. The first-order valence-corrected chi connectivity index (χ1v) is 3.55. The normalized spacial score (nSPS) is 25.6. The van der Waals surface area contributed by atoms with Gasteiger partial charge in [-0.25, -0.2) is 0 Å². The van der Waals surface area contributed by atoms with Crippen LogP contribution in [0.15, 0.2) is 11.5 Å². The van der Waals surface area contributed by atoms with Crippen molar-refractivity contribution in [2.75, 3.05) is 0 Å². The SMILES string of the molecule is N#CCC1CC=CS1. The largest absolute Gasteiger partial charge is 0.198 e. The van der Waals surface area contributed by atoms with Gasteiger partial charge >= 0.3 is 0 Å². The molecule has 42 valence electrons. The minimum Gasteiger partial charge on any atom is -0.198 e. The van der Waals surface area contributed by atoms with E-state index in [1.54, 1.807) is 11.8 Å². The van der Waals surface area contributed by atoms with Gasteiger partial charge in [0.2, 0.25) is 0 Å². The third kappa shape index (κ3) is 1.28. The van der Waals surface area contributed by atoms with E-state index >= 15 is 0 Å². The number of hydrogen-bond donors (Lipinski definition) is 0. The molecule has 1 nitrogen and oxygen atoms in total. The summed E-state index contributed by atoms with van der Waals surface area (Å²) in [6.45, 7) is 0. The lowest BCUT2D eigenvalue weighted by Gasteiger charge is -1.97. The molecule has 0 aromatic rings. The van der Waals surface area contributed by atoms with E-state index < -0.39 is 0 Å². The van der Waals surface area contributed by atoms with Crippen molar-refractivity contribution in [1.29, 1.82) is 5.26 Å². The minimum absolute atomic E-state index is 0.556. The number of hydrogen-bond acceptors (Lipinski definition) is 2. The Morgan fingerprint density at radius 3 is 3.25 bits per heavy atom. The maximum absolute atomic E-state index is 8.24. The van der Waals surface area contributed by atoms with Gasteiger partial charge < -0.3 is 0 Å². The summed E-state index contributed by atoms with van der Waals surface area (Å²) in [6.07, 6.45) is 3.89. The van der Waals surface area contributed by atoms with E-state index in [1.807, 2.05) is 0 Å². The minimum atomic E-state index is 0.556. The second-order valence-corrected chi connectivity index (χ2v) is 2.94. The van der Waals surface area contributed by atoms with Crippen LogP contribution in [0.5, 0.6) is 0 Å². The fourth-order valence-electron chi connectivity index (χ4n) is 0.663. The number of allylic oxidation sites excluding steroid dienone is 1. The van der Waals surface area contributed by atoms with Gasteiger partial charge in [0.1, 0.15) is 0 Å². The van der Waals surface area contributed by atoms with Crippen LogP contribution in [0.4, 0.5) is 0 Å². The maximum Gasteiger partial charge on any atom is 0.0633 e. The molecule has 1 atom stereocenters. The van der Waals surface area contributed by atoms with Gasteiger partial charge in [0.25, 0.3) is 0 Å². The van der Waals surface area contributed by atoms with Crippen LogP contribution in [-0.4, -0.2) is 5.25 Å². The van der Waals surface area contributed by atoms with E-state index in [4.69, 9.17) is 5.26 Å². The first-order valence-electron chi connectivity index (χ1n) is 2.61. The molecule has 0 saturated heterocycles. The van der Waals surface area contributed by atoms with Crippen LogP contribution in [0.2, 0.25) is 0 Å². The summed E-state index contributed by atoms with van der Waals surface area (Å²) >= 11 is 1.76. The zero-order valence-electron chi connectivity index (χ0n) is 4.50. The summed E-state index contributed by atoms with van der Waals surface area (Å²) in [7, 11) is 0. The third-order valence-corrected chi connectivity index (χ3v) is 2.18. The van der Waals surface area contributed by atoms with Crippen LogP contribution in [0.25, 0.3) is 0 Å². The Balaban J connectivity index is 2.22. The van der Waals surface area contributed by atoms with Crippen LogP contribution in [-0.2, 0) is 0 Å². The Morgan fingerprint density at radius 1 is 1.88 bits per heavy atom. The van der Waals surface area contributed by atoms with Crippen molar-refractivity contribution >= 4 is 11.8 Å². The van der Waals surface area contributed by atoms with Gasteiger partial charge in [0, 0.05) is 11.7 Å². The number of nitrogens with zero attached hydrogens (tertiary/aromatic N) is 1. The zero-order chi connectivity index (χ0) is 5.82. The van der Waals surface area contributed by atoms with Gasteiger partial charge in [-0.1, -0.05) is 6.08 Å². The number of nitriles is 1. The molecule has 1 aliphatic heterocycles. The van der Waals surface area contributed by atoms with Gasteiger partial charge in [-0.2, -0.15) is 5.26 Å².